The molecule has 8 nitrogen and oxygen atoms in total. The maximum atomic E-state index is 12.3. The molecule has 1 atom stereocenters. The highest BCUT2D eigenvalue weighted by atomic mass is 16.3. The first-order valence-corrected chi connectivity index (χ1v) is 9.85. The van der Waals surface area contributed by atoms with Crippen LogP contribution in [-0.2, 0) is 25.6 Å². The van der Waals surface area contributed by atoms with Crippen LogP contribution in [0.25, 0.3) is 0 Å². The van der Waals surface area contributed by atoms with Crippen molar-refractivity contribution in [3.8, 4) is 0 Å². The van der Waals surface area contributed by atoms with E-state index in [0.717, 1.165) is 5.56 Å². The Morgan fingerprint density at radius 1 is 0.966 bits per heavy atom. The van der Waals surface area contributed by atoms with Gasteiger partial charge in [0.05, 0.1) is 0 Å². The molecule has 0 radical (unpaired) electrons. The van der Waals surface area contributed by atoms with E-state index in [-0.39, 0.29) is 30.1 Å². The van der Waals surface area contributed by atoms with E-state index in [4.69, 9.17) is 5.11 Å². The molecule has 0 fully saturated rings. The molecule has 0 spiro atoms. The standard InChI is InChI=1S/C21H31N3O5/c1-15(26)6-3-4-7-20(28)24-18-10-8-17(9-11-18)14-19(23-16(2)27)21(29)22-12-5-13-25/h8-11,19,25H,3-7,12-14H2,1-2H3,(H,22,29)(H,23,27)(H,24,28)/t19-/m1/s1. The van der Waals surface area contributed by atoms with E-state index < -0.39 is 6.04 Å². The summed E-state index contributed by atoms with van der Waals surface area (Å²) in [5.74, 6) is -0.598. The second-order valence-corrected chi connectivity index (χ2v) is 6.98. The minimum Gasteiger partial charge on any atom is -0.396 e. The van der Waals surface area contributed by atoms with Crippen LogP contribution in [0.15, 0.2) is 24.3 Å². The van der Waals surface area contributed by atoms with Crippen molar-refractivity contribution >= 4 is 29.2 Å². The number of carbonyl (C=O) groups is 4. The van der Waals surface area contributed by atoms with Crippen molar-refractivity contribution < 1.29 is 24.3 Å². The third-order valence-electron chi connectivity index (χ3n) is 4.19. The second kappa shape index (κ2) is 13.4. The average Bonchev–Trinajstić information content (AvgIpc) is 2.66. The zero-order chi connectivity index (χ0) is 21.6. The van der Waals surface area contributed by atoms with Crippen molar-refractivity contribution in [1.29, 1.82) is 0 Å². The number of ketones is 1. The van der Waals surface area contributed by atoms with Crippen LogP contribution >= 0.6 is 0 Å². The molecular formula is C21H31N3O5. The van der Waals surface area contributed by atoms with Crippen LogP contribution in [0.3, 0.4) is 0 Å². The predicted molar refractivity (Wildman–Crippen MR) is 110 cm³/mol. The van der Waals surface area contributed by atoms with Gasteiger partial charge in [-0.15, -0.1) is 0 Å². The fourth-order valence-electron chi connectivity index (χ4n) is 2.71. The highest BCUT2D eigenvalue weighted by Crippen LogP contribution is 2.13. The third-order valence-corrected chi connectivity index (χ3v) is 4.19. The van der Waals surface area contributed by atoms with Crippen molar-refractivity contribution in [2.45, 2.75) is 58.4 Å². The SMILES string of the molecule is CC(=O)CCCCC(=O)Nc1ccc(C[C@@H](NC(C)=O)C(=O)NCCCO)cc1. The molecule has 0 heterocycles. The third kappa shape index (κ3) is 11.0. The van der Waals surface area contributed by atoms with Gasteiger partial charge in [-0.3, -0.25) is 14.4 Å². The Kier molecular flexibility index (Phi) is 11.3. The first-order valence-electron chi connectivity index (χ1n) is 9.85. The number of hydrogen-bond donors (Lipinski definition) is 4. The van der Waals surface area contributed by atoms with Gasteiger partial charge in [-0.25, -0.2) is 0 Å². The van der Waals surface area contributed by atoms with Gasteiger partial charge in [-0.1, -0.05) is 12.1 Å². The molecule has 160 valence electrons. The molecule has 8 heteroatoms. The van der Waals surface area contributed by atoms with Gasteiger partial charge in [-0.05, 0) is 43.9 Å². The quantitative estimate of drug-likeness (QED) is 0.369. The summed E-state index contributed by atoms with van der Waals surface area (Å²) < 4.78 is 0. The first kappa shape index (κ1) is 24.3. The summed E-state index contributed by atoms with van der Waals surface area (Å²) >= 11 is 0. The van der Waals surface area contributed by atoms with Crippen LogP contribution in [0.5, 0.6) is 0 Å². The lowest BCUT2D eigenvalue weighted by atomic mass is 10.0. The Hall–Kier alpha value is -2.74. The Labute approximate surface area is 171 Å². The number of amides is 3. The molecule has 3 amide bonds. The number of aliphatic hydroxyl groups excluding tert-OH is 1. The largest absolute Gasteiger partial charge is 0.396 e. The number of unbranched alkanes of at least 4 members (excludes halogenated alkanes) is 1. The van der Waals surface area contributed by atoms with Gasteiger partial charge in [0.15, 0.2) is 0 Å². The van der Waals surface area contributed by atoms with Gasteiger partial charge in [-0.2, -0.15) is 0 Å². The van der Waals surface area contributed by atoms with E-state index in [1.165, 1.54) is 13.8 Å². The molecule has 0 aromatic heterocycles. The van der Waals surface area contributed by atoms with Gasteiger partial charge in [0.1, 0.15) is 11.8 Å². The zero-order valence-corrected chi connectivity index (χ0v) is 17.1. The molecule has 0 aliphatic rings. The molecular weight excluding hydrogens is 374 g/mol. The van der Waals surface area contributed by atoms with Gasteiger partial charge in [0, 0.05) is 45.0 Å². The number of aliphatic hydroxyl groups is 1. The van der Waals surface area contributed by atoms with Gasteiger partial charge < -0.3 is 25.9 Å². The number of nitrogens with one attached hydrogen (secondary N) is 3. The van der Waals surface area contributed by atoms with Crippen LogP contribution in [0.4, 0.5) is 5.69 Å². The molecule has 0 saturated carbocycles. The molecule has 1 aromatic rings. The molecule has 0 bridgehead atoms. The molecule has 1 aromatic carbocycles. The molecule has 0 saturated heterocycles. The van der Waals surface area contributed by atoms with Crippen LogP contribution < -0.4 is 16.0 Å². The highest BCUT2D eigenvalue weighted by Gasteiger charge is 2.19. The van der Waals surface area contributed by atoms with Crippen LogP contribution in [0.2, 0.25) is 0 Å². The summed E-state index contributed by atoms with van der Waals surface area (Å²) in [7, 11) is 0. The number of benzene rings is 1. The maximum Gasteiger partial charge on any atom is 0.242 e. The van der Waals surface area contributed by atoms with Crippen molar-refractivity contribution in [3.63, 3.8) is 0 Å². The fraction of sp³-hybridized carbons (Fsp3) is 0.524. The van der Waals surface area contributed by atoms with Crippen molar-refractivity contribution in [2.75, 3.05) is 18.5 Å². The van der Waals surface area contributed by atoms with Crippen LogP contribution in [-0.4, -0.2) is 47.8 Å². The van der Waals surface area contributed by atoms with E-state index in [1.54, 1.807) is 24.3 Å². The summed E-state index contributed by atoms with van der Waals surface area (Å²) in [5.41, 5.74) is 1.48. The molecule has 4 N–H and O–H groups in total. The molecule has 1 rings (SSSR count). The van der Waals surface area contributed by atoms with Crippen molar-refractivity contribution in [3.05, 3.63) is 29.8 Å². The number of anilines is 1. The number of rotatable bonds is 13. The molecule has 0 unspecified atom stereocenters. The lowest BCUT2D eigenvalue weighted by Crippen LogP contribution is -2.47. The fourth-order valence-corrected chi connectivity index (χ4v) is 2.71. The van der Waals surface area contributed by atoms with E-state index in [2.05, 4.69) is 16.0 Å². The zero-order valence-electron chi connectivity index (χ0n) is 17.1. The molecule has 0 aliphatic carbocycles. The van der Waals surface area contributed by atoms with E-state index in [0.29, 0.717) is 50.8 Å². The van der Waals surface area contributed by atoms with Crippen molar-refractivity contribution in [1.82, 2.24) is 10.6 Å². The first-order chi connectivity index (χ1) is 13.8. The number of Topliss-reactive ketones (excluding diaryl/α,β-unsaturated/α-hetero) is 1. The molecule has 29 heavy (non-hydrogen) atoms. The van der Waals surface area contributed by atoms with Crippen molar-refractivity contribution in [2.24, 2.45) is 0 Å². The summed E-state index contributed by atoms with van der Waals surface area (Å²) in [5, 5.41) is 16.9. The number of hydrogen-bond acceptors (Lipinski definition) is 5. The predicted octanol–water partition coefficient (Wildman–Crippen LogP) is 1.32. The maximum absolute atomic E-state index is 12.3. The minimum atomic E-state index is -0.715. The Morgan fingerprint density at radius 2 is 1.62 bits per heavy atom. The normalized spacial score (nSPS) is 11.4. The van der Waals surface area contributed by atoms with Gasteiger partial charge in [0.2, 0.25) is 17.7 Å². The van der Waals surface area contributed by atoms with Crippen LogP contribution in [0.1, 0.15) is 51.5 Å². The lowest BCUT2D eigenvalue weighted by Gasteiger charge is -2.18. The number of carbonyl (C=O) groups excluding carboxylic acids is 4. The summed E-state index contributed by atoms with van der Waals surface area (Å²) in [6, 6.07) is 6.37. The molecule has 0 aliphatic heterocycles. The smallest absolute Gasteiger partial charge is 0.242 e. The summed E-state index contributed by atoms with van der Waals surface area (Å²) in [4.78, 5) is 46.5. The van der Waals surface area contributed by atoms with Gasteiger partial charge in [0.25, 0.3) is 0 Å². The lowest BCUT2D eigenvalue weighted by molar-refractivity contribution is -0.128. The van der Waals surface area contributed by atoms with Gasteiger partial charge >= 0.3 is 0 Å². The van der Waals surface area contributed by atoms with Crippen LogP contribution in [0, 0.1) is 0 Å². The van der Waals surface area contributed by atoms with E-state index in [9.17, 15) is 19.2 Å². The van der Waals surface area contributed by atoms with E-state index >= 15 is 0 Å². The monoisotopic (exact) mass is 405 g/mol. The summed E-state index contributed by atoms with van der Waals surface area (Å²) in [6.07, 6.45) is 2.96. The summed E-state index contributed by atoms with van der Waals surface area (Å²) in [6.45, 7) is 3.21. The minimum absolute atomic E-state index is 0.0189. The highest BCUT2D eigenvalue weighted by molar-refractivity contribution is 5.90. The Balaban J connectivity index is 2.56. The second-order valence-electron chi connectivity index (χ2n) is 6.98. The van der Waals surface area contributed by atoms with E-state index in [1.807, 2.05) is 0 Å². The average molecular weight is 405 g/mol. The Morgan fingerprint density at radius 3 is 2.21 bits per heavy atom. The topological polar surface area (TPSA) is 125 Å². The Bertz CT molecular complexity index is 688.